The summed E-state index contributed by atoms with van der Waals surface area (Å²) in [4.78, 5) is 2.10. The lowest BCUT2D eigenvalue weighted by Crippen LogP contribution is -2.42. The van der Waals surface area contributed by atoms with Gasteiger partial charge in [0.15, 0.2) is 0 Å². The molecule has 0 atom stereocenters. The molecule has 0 bridgehead atoms. The van der Waals surface area contributed by atoms with E-state index in [1.165, 1.54) is 0 Å². The van der Waals surface area contributed by atoms with Crippen molar-refractivity contribution in [2.24, 2.45) is 5.92 Å². The summed E-state index contributed by atoms with van der Waals surface area (Å²) in [6.45, 7) is 5.83. The minimum Gasteiger partial charge on any atom is -0.381 e. The molecule has 0 aromatic heterocycles. The van der Waals surface area contributed by atoms with E-state index in [1.807, 2.05) is 7.05 Å². The quantitative estimate of drug-likeness (QED) is 0.524. The van der Waals surface area contributed by atoms with Gasteiger partial charge in [0.1, 0.15) is 0 Å². The van der Waals surface area contributed by atoms with Gasteiger partial charge in [0.05, 0.1) is 5.84 Å². The third-order valence-electron chi connectivity index (χ3n) is 2.67. The maximum Gasteiger partial charge on any atom is 0.0983 e. The van der Waals surface area contributed by atoms with E-state index < -0.39 is 0 Å². The Hall–Kier alpha value is -0.570. The Morgan fingerprint density at radius 3 is 2.38 bits per heavy atom. The van der Waals surface area contributed by atoms with E-state index in [0.717, 1.165) is 31.9 Å². The van der Waals surface area contributed by atoms with Gasteiger partial charge in [-0.15, -0.1) is 0 Å². The highest BCUT2D eigenvalue weighted by molar-refractivity contribution is 5.81. The third kappa shape index (κ3) is 2.69. The number of nitrogens with zero attached hydrogens (tertiary/aromatic N) is 1. The van der Waals surface area contributed by atoms with Crippen molar-refractivity contribution in [3.63, 3.8) is 0 Å². The van der Waals surface area contributed by atoms with Crippen LogP contribution in [0.25, 0.3) is 0 Å². The number of ether oxygens (including phenoxy) is 1. The molecule has 0 saturated carbocycles. The molecule has 3 heteroatoms. The number of nitrogens with one attached hydrogen (secondary N) is 1. The van der Waals surface area contributed by atoms with Crippen molar-refractivity contribution in [2.75, 3.05) is 20.3 Å². The zero-order chi connectivity index (χ0) is 9.84. The van der Waals surface area contributed by atoms with E-state index in [9.17, 15) is 0 Å². The van der Waals surface area contributed by atoms with Gasteiger partial charge in [-0.2, -0.15) is 0 Å². The summed E-state index contributed by atoms with van der Waals surface area (Å²) in [5.41, 5.74) is 0. The van der Waals surface area contributed by atoms with Gasteiger partial charge in [-0.1, -0.05) is 13.8 Å². The van der Waals surface area contributed by atoms with Crippen LogP contribution in [-0.4, -0.2) is 37.0 Å². The Morgan fingerprint density at radius 1 is 1.38 bits per heavy atom. The summed E-state index contributed by atoms with van der Waals surface area (Å²) < 4.78 is 5.29. The summed E-state index contributed by atoms with van der Waals surface area (Å²) >= 11 is 0. The first kappa shape index (κ1) is 10.5. The molecule has 13 heavy (non-hydrogen) atoms. The first-order chi connectivity index (χ1) is 6.13. The average molecular weight is 184 g/mol. The van der Waals surface area contributed by atoms with Crippen LogP contribution < -0.4 is 0 Å². The van der Waals surface area contributed by atoms with E-state index >= 15 is 0 Å². The first-order valence-corrected chi connectivity index (χ1v) is 5.02. The van der Waals surface area contributed by atoms with Crippen molar-refractivity contribution < 1.29 is 4.74 Å². The van der Waals surface area contributed by atoms with Crippen LogP contribution in [0.3, 0.4) is 0 Å². The predicted molar refractivity (Wildman–Crippen MR) is 54.2 cm³/mol. The van der Waals surface area contributed by atoms with Crippen molar-refractivity contribution in [1.29, 1.82) is 5.41 Å². The Morgan fingerprint density at radius 2 is 1.92 bits per heavy atom. The molecule has 0 radical (unpaired) electrons. The Labute approximate surface area is 80.6 Å². The molecule has 0 aromatic carbocycles. The molecular weight excluding hydrogens is 164 g/mol. The molecule has 1 heterocycles. The SMILES string of the molecule is CC(C)C(=N)N(C)C1CCOCC1. The minimum absolute atomic E-state index is 0.327. The van der Waals surface area contributed by atoms with Crippen LogP contribution in [0.15, 0.2) is 0 Å². The van der Waals surface area contributed by atoms with Gasteiger partial charge in [0.2, 0.25) is 0 Å². The maximum atomic E-state index is 7.87. The topological polar surface area (TPSA) is 36.3 Å². The van der Waals surface area contributed by atoms with Crippen LogP contribution in [0.1, 0.15) is 26.7 Å². The zero-order valence-corrected chi connectivity index (χ0v) is 8.84. The summed E-state index contributed by atoms with van der Waals surface area (Å²) in [5.74, 6) is 1.07. The molecule has 3 nitrogen and oxygen atoms in total. The molecule has 0 aliphatic carbocycles. The molecule has 0 unspecified atom stereocenters. The number of amidine groups is 1. The third-order valence-corrected chi connectivity index (χ3v) is 2.67. The van der Waals surface area contributed by atoms with Gasteiger partial charge in [-0.25, -0.2) is 0 Å². The highest BCUT2D eigenvalue weighted by Gasteiger charge is 2.21. The molecule has 76 valence electrons. The Bertz CT molecular complexity index is 174. The molecule has 1 rings (SSSR count). The van der Waals surface area contributed by atoms with E-state index in [-0.39, 0.29) is 0 Å². The second kappa shape index (κ2) is 4.61. The van der Waals surface area contributed by atoms with Crippen molar-refractivity contribution in [2.45, 2.75) is 32.7 Å². The molecule has 1 fully saturated rings. The lowest BCUT2D eigenvalue weighted by molar-refractivity contribution is 0.0594. The largest absolute Gasteiger partial charge is 0.381 e. The molecule has 1 N–H and O–H groups in total. The molecule has 1 saturated heterocycles. The standard InChI is InChI=1S/C10H20N2O/c1-8(2)10(11)12(3)9-4-6-13-7-5-9/h8-9,11H,4-7H2,1-3H3. The first-order valence-electron chi connectivity index (χ1n) is 5.02. The lowest BCUT2D eigenvalue weighted by atomic mass is 10.1. The number of hydrogen-bond donors (Lipinski definition) is 1. The molecular formula is C10H20N2O. The maximum absolute atomic E-state index is 7.87. The second-order valence-electron chi connectivity index (χ2n) is 3.99. The van der Waals surface area contributed by atoms with Gasteiger partial charge in [-0.05, 0) is 12.8 Å². The second-order valence-corrected chi connectivity index (χ2v) is 3.99. The van der Waals surface area contributed by atoms with Crippen LogP contribution >= 0.6 is 0 Å². The van der Waals surface area contributed by atoms with E-state index in [0.29, 0.717) is 12.0 Å². The van der Waals surface area contributed by atoms with Crippen molar-refractivity contribution >= 4 is 5.84 Å². The van der Waals surface area contributed by atoms with E-state index in [2.05, 4.69) is 18.7 Å². The van der Waals surface area contributed by atoms with Gasteiger partial charge in [0, 0.05) is 32.2 Å². The van der Waals surface area contributed by atoms with Gasteiger partial charge >= 0.3 is 0 Å². The highest BCUT2D eigenvalue weighted by atomic mass is 16.5. The molecule has 1 aliphatic rings. The molecule has 0 aromatic rings. The minimum atomic E-state index is 0.327. The Balaban J connectivity index is 2.45. The van der Waals surface area contributed by atoms with Crippen LogP contribution in [0.5, 0.6) is 0 Å². The van der Waals surface area contributed by atoms with Crippen molar-refractivity contribution in [3.05, 3.63) is 0 Å². The fourth-order valence-electron chi connectivity index (χ4n) is 1.68. The smallest absolute Gasteiger partial charge is 0.0983 e. The van der Waals surface area contributed by atoms with Crippen molar-refractivity contribution in [1.82, 2.24) is 4.90 Å². The zero-order valence-electron chi connectivity index (χ0n) is 8.84. The summed E-state index contributed by atoms with van der Waals surface area (Å²) in [6.07, 6.45) is 2.12. The fourth-order valence-corrected chi connectivity index (χ4v) is 1.68. The van der Waals surface area contributed by atoms with Crippen LogP contribution in [0.4, 0.5) is 0 Å². The number of rotatable bonds is 2. The highest BCUT2D eigenvalue weighted by Crippen LogP contribution is 2.14. The van der Waals surface area contributed by atoms with Gasteiger partial charge < -0.3 is 9.64 Å². The Kier molecular flexibility index (Phi) is 3.72. The predicted octanol–water partition coefficient (Wildman–Crippen LogP) is 1.73. The fraction of sp³-hybridized carbons (Fsp3) is 0.900. The van der Waals surface area contributed by atoms with Gasteiger partial charge in [0.25, 0.3) is 0 Å². The van der Waals surface area contributed by atoms with Crippen molar-refractivity contribution in [3.8, 4) is 0 Å². The van der Waals surface area contributed by atoms with Gasteiger partial charge in [-0.3, -0.25) is 5.41 Å². The molecule has 1 aliphatic heterocycles. The summed E-state index contributed by atoms with van der Waals surface area (Å²) in [7, 11) is 2.03. The monoisotopic (exact) mass is 184 g/mol. The van der Waals surface area contributed by atoms with Crippen LogP contribution in [0, 0.1) is 11.3 Å². The van der Waals surface area contributed by atoms with E-state index in [1.54, 1.807) is 0 Å². The summed E-state index contributed by atoms with van der Waals surface area (Å²) in [5, 5.41) is 7.87. The molecule has 0 amide bonds. The average Bonchev–Trinajstić information content (AvgIpc) is 2.17. The normalized spacial score (nSPS) is 19.1. The lowest BCUT2D eigenvalue weighted by Gasteiger charge is -2.34. The molecule has 0 spiro atoms. The summed E-state index contributed by atoms with van der Waals surface area (Å²) in [6, 6.07) is 0.517. The van der Waals surface area contributed by atoms with Crippen LogP contribution in [0.2, 0.25) is 0 Å². The van der Waals surface area contributed by atoms with E-state index in [4.69, 9.17) is 10.1 Å². The number of hydrogen-bond acceptors (Lipinski definition) is 2. The van der Waals surface area contributed by atoms with Crippen LogP contribution in [-0.2, 0) is 4.74 Å².